The van der Waals surface area contributed by atoms with E-state index >= 15 is 0 Å². The summed E-state index contributed by atoms with van der Waals surface area (Å²) in [6, 6.07) is 5.52. The summed E-state index contributed by atoms with van der Waals surface area (Å²) in [6.07, 6.45) is 4.20. The van der Waals surface area contributed by atoms with Gasteiger partial charge >= 0.3 is 0 Å². The average Bonchev–Trinajstić information content (AvgIpc) is 2.91. The molecule has 2 N–H and O–H groups in total. The van der Waals surface area contributed by atoms with Crippen molar-refractivity contribution in [1.82, 2.24) is 25.5 Å². The van der Waals surface area contributed by atoms with Gasteiger partial charge in [0, 0.05) is 18.3 Å². The fourth-order valence-corrected chi connectivity index (χ4v) is 1.59. The third-order valence-electron chi connectivity index (χ3n) is 2.56. The number of rotatable bonds is 5. The molecule has 0 aliphatic heterocycles. The molecule has 0 saturated heterocycles. The summed E-state index contributed by atoms with van der Waals surface area (Å²) in [4.78, 5) is 19.9. The average molecular weight is 245 g/mol. The minimum absolute atomic E-state index is 0.0236. The molecule has 1 amide bonds. The molecule has 1 atom stereocenters. The number of hydrogen-bond acceptors (Lipinski definition) is 4. The van der Waals surface area contributed by atoms with Crippen LogP contribution < -0.4 is 5.32 Å². The number of aromatic nitrogens is 4. The minimum Gasteiger partial charge on any atom is -0.346 e. The predicted octanol–water partition coefficient (Wildman–Crippen LogP) is 1.01. The summed E-state index contributed by atoms with van der Waals surface area (Å²) in [6.45, 7) is 1.86. The maximum atomic E-state index is 11.7. The van der Waals surface area contributed by atoms with E-state index < -0.39 is 0 Å². The van der Waals surface area contributed by atoms with Crippen LogP contribution in [0.15, 0.2) is 30.7 Å². The quantitative estimate of drug-likeness (QED) is 0.823. The summed E-state index contributed by atoms with van der Waals surface area (Å²) in [5.41, 5.74) is 0.917. The molecule has 0 fully saturated rings. The number of aromatic amines is 1. The van der Waals surface area contributed by atoms with Gasteiger partial charge in [-0.15, -0.1) is 0 Å². The van der Waals surface area contributed by atoms with Crippen molar-refractivity contribution in [3.63, 3.8) is 0 Å². The Bertz CT molecular complexity index is 482. The van der Waals surface area contributed by atoms with Gasteiger partial charge in [0.25, 0.3) is 0 Å². The van der Waals surface area contributed by atoms with Gasteiger partial charge in [-0.3, -0.25) is 14.9 Å². The number of nitrogens with zero attached hydrogens (tertiary/aromatic N) is 3. The van der Waals surface area contributed by atoms with Crippen molar-refractivity contribution in [3.8, 4) is 0 Å². The third kappa shape index (κ3) is 3.38. The Morgan fingerprint density at radius 2 is 2.33 bits per heavy atom. The Balaban J connectivity index is 1.79. The molecular weight excluding hydrogens is 230 g/mol. The van der Waals surface area contributed by atoms with Gasteiger partial charge in [0.15, 0.2) is 0 Å². The summed E-state index contributed by atoms with van der Waals surface area (Å²) in [7, 11) is 0. The zero-order valence-electron chi connectivity index (χ0n) is 10.1. The number of hydrogen-bond donors (Lipinski definition) is 2. The van der Waals surface area contributed by atoms with E-state index in [1.165, 1.54) is 6.33 Å². The van der Waals surface area contributed by atoms with Crippen LogP contribution >= 0.6 is 0 Å². The van der Waals surface area contributed by atoms with Gasteiger partial charge in [-0.05, 0) is 25.5 Å². The van der Waals surface area contributed by atoms with Crippen LogP contribution in [0.25, 0.3) is 0 Å². The molecule has 0 spiro atoms. The molecule has 18 heavy (non-hydrogen) atoms. The van der Waals surface area contributed by atoms with Gasteiger partial charge < -0.3 is 5.32 Å². The number of amides is 1. The van der Waals surface area contributed by atoms with Gasteiger partial charge in [0.05, 0.1) is 6.04 Å². The number of carbonyl (C=O) groups excluding carboxylic acids is 1. The highest BCUT2D eigenvalue weighted by molar-refractivity contribution is 5.76. The van der Waals surface area contributed by atoms with E-state index in [9.17, 15) is 4.79 Å². The van der Waals surface area contributed by atoms with Crippen molar-refractivity contribution in [2.75, 3.05) is 0 Å². The SMILES string of the molecule is CC(NC(=O)CCc1ccccn1)c1ncn[nH]1. The van der Waals surface area contributed by atoms with Crippen LogP contribution in [0.5, 0.6) is 0 Å². The smallest absolute Gasteiger partial charge is 0.220 e. The standard InChI is InChI=1S/C12H15N5O/c1-9(12-14-8-15-17-12)16-11(18)6-5-10-4-2-3-7-13-10/h2-4,7-9H,5-6H2,1H3,(H,16,18)(H,14,15,17). The highest BCUT2D eigenvalue weighted by atomic mass is 16.1. The van der Waals surface area contributed by atoms with Crippen molar-refractivity contribution in [2.24, 2.45) is 0 Å². The molecule has 0 radical (unpaired) electrons. The molecule has 0 aliphatic rings. The van der Waals surface area contributed by atoms with Gasteiger partial charge in [0.1, 0.15) is 12.2 Å². The highest BCUT2D eigenvalue weighted by Gasteiger charge is 2.11. The van der Waals surface area contributed by atoms with Crippen LogP contribution in [0.2, 0.25) is 0 Å². The lowest BCUT2D eigenvalue weighted by molar-refractivity contribution is -0.121. The predicted molar refractivity (Wildman–Crippen MR) is 65.5 cm³/mol. The summed E-state index contributed by atoms with van der Waals surface area (Å²) >= 11 is 0. The number of aryl methyl sites for hydroxylation is 1. The summed E-state index contributed by atoms with van der Waals surface area (Å²) < 4.78 is 0. The van der Waals surface area contributed by atoms with E-state index in [4.69, 9.17) is 0 Å². The summed E-state index contributed by atoms with van der Waals surface area (Å²) in [5.74, 6) is 0.630. The third-order valence-corrected chi connectivity index (χ3v) is 2.56. The topological polar surface area (TPSA) is 83.6 Å². The van der Waals surface area contributed by atoms with Crippen LogP contribution in [0.4, 0.5) is 0 Å². The van der Waals surface area contributed by atoms with Crippen LogP contribution in [0, 0.1) is 0 Å². The van der Waals surface area contributed by atoms with Gasteiger partial charge in [-0.1, -0.05) is 6.07 Å². The van der Waals surface area contributed by atoms with E-state index in [0.29, 0.717) is 18.7 Å². The maximum Gasteiger partial charge on any atom is 0.220 e. The number of H-pyrrole nitrogens is 1. The monoisotopic (exact) mass is 245 g/mol. The molecule has 6 nitrogen and oxygen atoms in total. The normalized spacial score (nSPS) is 12.1. The molecule has 2 rings (SSSR count). The number of carbonyl (C=O) groups is 1. The largest absolute Gasteiger partial charge is 0.346 e. The highest BCUT2D eigenvalue weighted by Crippen LogP contribution is 2.05. The molecule has 0 saturated carbocycles. The van der Waals surface area contributed by atoms with Crippen molar-refractivity contribution >= 4 is 5.91 Å². The van der Waals surface area contributed by atoms with Crippen molar-refractivity contribution in [3.05, 3.63) is 42.2 Å². The van der Waals surface area contributed by atoms with Crippen LogP contribution in [0.3, 0.4) is 0 Å². The van der Waals surface area contributed by atoms with Gasteiger partial charge in [-0.25, -0.2) is 4.98 Å². The number of nitrogens with one attached hydrogen (secondary N) is 2. The second-order valence-electron chi connectivity index (χ2n) is 3.98. The zero-order valence-corrected chi connectivity index (χ0v) is 10.1. The van der Waals surface area contributed by atoms with Crippen molar-refractivity contribution < 1.29 is 4.79 Å². The molecule has 2 heterocycles. The van der Waals surface area contributed by atoms with Crippen molar-refractivity contribution in [1.29, 1.82) is 0 Å². The molecule has 2 aromatic rings. The Morgan fingerprint density at radius 1 is 1.44 bits per heavy atom. The fraction of sp³-hybridized carbons (Fsp3) is 0.333. The molecule has 0 aromatic carbocycles. The molecule has 6 heteroatoms. The lowest BCUT2D eigenvalue weighted by Gasteiger charge is -2.10. The van der Waals surface area contributed by atoms with E-state index in [0.717, 1.165) is 5.69 Å². The van der Waals surface area contributed by atoms with Gasteiger partial charge in [0.2, 0.25) is 5.91 Å². The molecular formula is C12H15N5O. The van der Waals surface area contributed by atoms with E-state index in [-0.39, 0.29) is 11.9 Å². The minimum atomic E-state index is -0.163. The second kappa shape index (κ2) is 5.90. The first-order chi connectivity index (χ1) is 8.75. The Hall–Kier alpha value is -2.24. The molecule has 2 aromatic heterocycles. The second-order valence-corrected chi connectivity index (χ2v) is 3.98. The maximum absolute atomic E-state index is 11.7. The lowest BCUT2D eigenvalue weighted by Crippen LogP contribution is -2.27. The van der Waals surface area contributed by atoms with Crippen LogP contribution in [-0.2, 0) is 11.2 Å². The Kier molecular flexibility index (Phi) is 4.01. The first-order valence-corrected chi connectivity index (χ1v) is 5.80. The summed E-state index contributed by atoms with van der Waals surface area (Å²) in [5, 5.41) is 9.33. The Labute approximate surface area is 105 Å². The fourth-order valence-electron chi connectivity index (χ4n) is 1.59. The molecule has 0 aliphatic carbocycles. The molecule has 1 unspecified atom stereocenters. The lowest BCUT2D eigenvalue weighted by atomic mass is 10.2. The van der Waals surface area contributed by atoms with Crippen molar-refractivity contribution in [2.45, 2.75) is 25.8 Å². The zero-order chi connectivity index (χ0) is 12.8. The molecule has 94 valence electrons. The van der Waals surface area contributed by atoms with Crippen LogP contribution in [0.1, 0.15) is 30.9 Å². The first kappa shape index (κ1) is 12.2. The first-order valence-electron chi connectivity index (χ1n) is 5.80. The van der Waals surface area contributed by atoms with E-state index in [2.05, 4.69) is 25.5 Å². The molecule has 0 bridgehead atoms. The van der Waals surface area contributed by atoms with Crippen LogP contribution in [-0.4, -0.2) is 26.1 Å². The van der Waals surface area contributed by atoms with E-state index in [1.54, 1.807) is 6.20 Å². The van der Waals surface area contributed by atoms with Gasteiger partial charge in [-0.2, -0.15) is 5.10 Å². The number of pyridine rings is 1. The Morgan fingerprint density at radius 3 is 3.00 bits per heavy atom. The van der Waals surface area contributed by atoms with E-state index in [1.807, 2.05) is 25.1 Å².